The Labute approximate surface area is 188 Å². The van der Waals surface area contributed by atoms with Crippen LogP contribution in [-0.4, -0.2) is 25.1 Å². The number of carbonyl (C=O) groups excluding carboxylic acids is 1. The highest BCUT2D eigenvalue weighted by Gasteiger charge is 2.17. The molecule has 1 aromatic heterocycles. The summed E-state index contributed by atoms with van der Waals surface area (Å²) in [6.07, 6.45) is 0.251. The third kappa shape index (κ3) is 4.42. The SMILES string of the molecule is COc1ccc(CNC(=O)Cc2c(C)nc3ccccc3c2-c2ccccc2)cc1OC. The molecule has 0 fully saturated rings. The molecule has 4 aromatic rings. The van der Waals surface area contributed by atoms with Gasteiger partial charge in [-0.15, -0.1) is 0 Å². The van der Waals surface area contributed by atoms with Crippen molar-refractivity contribution in [3.63, 3.8) is 0 Å². The van der Waals surface area contributed by atoms with E-state index in [0.717, 1.165) is 38.9 Å². The zero-order valence-corrected chi connectivity index (χ0v) is 18.5. The van der Waals surface area contributed by atoms with Gasteiger partial charge in [-0.3, -0.25) is 9.78 Å². The maximum absolute atomic E-state index is 12.9. The lowest BCUT2D eigenvalue weighted by Gasteiger charge is -2.16. The maximum Gasteiger partial charge on any atom is 0.224 e. The summed E-state index contributed by atoms with van der Waals surface area (Å²) in [6.45, 7) is 2.37. The van der Waals surface area contributed by atoms with Crippen LogP contribution >= 0.6 is 0 Å². The van der Waals surface area contributed by atoms with E-state index in [9.17, 15) is 4.79 Å². The second kappa shape index (κ2) is 9.52. The molecule has 0 aliphatic heterocycles. The molecule has 0 saturated carbocycles. The first-order valence-corrected chi connectivity index (χ1v) is 10.5. The zero-order chi connectivity index (χ0) is 22.5. The first-order chi connectivity index (χ1) is 15.6. The summed E-state index contributed by atoms with van der Waals surface area (Å²) in [5.41, 5.74) is 5.82. The minimum absolute atomic E-state index is 0.0582. The van der Waals surface area contributed by atoms with Gasteiger partial charge in [-0.2, -0.15) is 0 Å². The lowest BCUT2D eigenvalue weighted by molar-refractivity contribution is -0.120. The fourth-order valence-electron chi connectivity index (χ4n) is 3.94. The quantitative estimate of drug-likeness (QED) is 0.447. The molecule has 0 atom stereocenters. The predicted molar refractivity (Wildman–Crippen MR) is 127 cm³/mol. The molecule has 162 valence electrons. The van der Waals surface area contributed by atoms with Crippen molar-refractivity contribution in [3.05, 3.63) is 89.6 Å². The van der Waals surface area contributed by atoms with Gasteiger partial charge in [0.15, 0.2) is 11.5 Å². The number of rotatable bonds is 7. The number of methoxy groups -OCH3 is 2. The van der Waals surface area contributed by atoms with Crippen molar-refractivity contribution in [1.82, 2.24) is 10.3 Å². The van der Waals surface area contributed by atoms with Crippen LogP contribution in [0.4, 0.5) is 0 Å². The van der Waals surface area contributed by atoms with E-state index in [0.29, 0.717) is 18.0 Å². The lowest BCUT2D eigenvalue weighted by atomic mass is 9.92. The number of pyridine rings is 1. The number of para-hydroxylation sites is 1. The molecule has 0 saturated heterocycles. The highest BCUT2D eigenvalue weighted by molar-refractivity contribution is 5.98. The van der Waals surface area contributed by atoms with Crippen LogP contribution < -0.4 is 14.8 Å². The fraction of sp³-hybridized carbons (Fsp3) is 0.185. The number of aromatic nitrogens is 1. The summed E-state index contributed by atoms with van der Waals surface area (Å²) < 4.78 is 10.6. The molecule has 32 heavy (non-hydrogen) atoms. The van der Waals surface area contributed by atoms with Gasteiger partial charge >= 0.3 is 0 Å². The van der Waals surface area contributed by atoms with E-state index >= 15 is 0 Å². The highest BCUT2D eigenvalue weighted by atomic mass is 16.5. The standard InChI is InChI=1S/C27H26N2O3/c1-18-22(16-26(30)28-17-19-13-14-24(31-2)25(15-19)32-3)27(20-9-5-4-6-10-20)21-11-7-8-12-23(21)29-18/h4-15H,16-17H2,1-3H3,(H,28,30). The van der Waals surface area contributed by atoms with Crippen LogP contribution in [0.3, 0.4) is 0 Å². The summed E-state index contributed by atoms with van der Waals surface area (Å²) in [5, 5.41) is 4.08. The summed E-state index contributed by atoms with van der Waals surface area (Å²) in [4.78, 5) is 17.7. The Morgan fingerprint density at radius 3 is 2.38 bits per heavy atom. The number of carbonyl (C=O) groups is 1. The first-order valence-electron chi connectivity index (χ1n) is 10.5. The normalized spacial score (nSPS) is 10.7. The lowest BCUT2D eigenvalue weighted by Crippen LogP contribution is -2.25. The second-order valence-corrected chi connectivity index (χ2v) is 7.58. The van der Waals surface area contributed by atoms with Gasteiger partial charge in [0.05, 0.1) is 26.2 Å². The van der Waals surface area contributed by atoms with E-state index in [1.807, 2.05) is 61.5 Å². The van der Waals surface area contributed by atoms with Crippen LogP contribution in [0.5, 0.6) is 11.5 Å². The molecular formula is C27H26N2O3. The number of hydrogen-bond acceptors (Lipinski definition) is 4. The van der Waals surface area contributed by atoms with Crippen LogP contribution in [0, 0.1) is 6.92 Å². The number of hydrogen-bond donors (Lipinski definition) is 1. The molecule has 1 amide bonds. The van der Waals surface area contributed by atoms with Crippen molar-refractivity contribution < 1.29 is 14.3 Å². The van der Waals surface area contributed by atoms with Crippen LogP contribution in [0.2, 0.25) is 0 Å². The number of aryl methyl sites for hydroxylation is 1. The van der Waals surface area contributed by atoms with Crippen LogP contribution in [0.15, 0.2) is 72.8 Å². The molecule has 0 bridgehead atoms. The molecule has 3 aromatic carbocycles. The maximum atomic E-state index is 12.9. The van der Waals surface area contributed by atoms with E-state index in [1.54, 1.807) is 14.2 Å². The van der Waals surface area contributed by atoms with Gasteiger partial charge in [0, 0.05) is 17.6 Å². The van der Waals surface area contributed by atoms with E-state index in [-0.39, 0.29) is 12.3 Å². The molecular weight excluding hydrogens is 400 g/mol. The van der Waals surface area contributed by atoms with Gasteiger partial charge in [-0.25, -0.2) is 0 Å². The first kappa shape index (κ1) is 21.4. The molecule has 5 heteroatoms. The number of ether oxygens (including phenoxy) is 2. The van der Waals surface area contributed by atoms with Gasteiger partial charge in [0.2, 0.25) is 5.91 Å². The average molecular weight is 427 g/mol. The number of nitrogens with zero attached hydrogens (tertiary/aromatic N) is 1. The van der Waals surface area contributed by atoms with Gasteiger partial charge in [0.1, 0.15) is 0 Å². The number of benzene rings is 3. The van der Waals surface area contributed by atoms with Gasteiger partial charge in [-0.1, -0.05) is 54.6 Å². The molecule has 0 unspecified atom stereocenters. The molecule has 0 aliphatic rings. The Bertz CT molecular complexity index is 1250. The summed E-state index contributed by atoms with van der Waals surface area (Å²) in [7, 11) is 3.20. The summed E-state index contributed by atoms with van der Waals surface area (Å²) in [5.74, 6) is 1.24. The van der Waals surface area contributed by atoms with Crippen LogP contribution in [0.25, 0.3) is 22.0 Å². The molecule has 0 radical (unpaired) electrons. The van der Waals surface area contributed by atoms with Crippen molar-refractivity contribution in [2.45, 2.75) is 19.9 Å². The Morgan fingerprint density at radius 2 is 1.62 bits per heavy atom. The molecule has 5 nitrogen and oxygen atoms in total. The Hall–Kier alpha value is -3.86. The van der Waals surface area contributed by atoms with Gasteiger partial charge < -0.3 is 14.8 Å². The molecule has 4 rings (SSSR count). The van der Waals surface area contributed by atoms with Crippen molar-refractivity contribution in [3.8, 4) is 22.6 Å². The monoisotopic (exact) mass is 426 g/mol. The Morgan fingerprint density at radius 1 is 0.906 bits per heavy atom. The number of nitrogens with one attached hydrogen (secondary N) is 1. The predicted octanol–water partition coefficient (Wildman–Crippen LogP) is 5.09. The third-order valence-electron chi connectivity index (χ3n) is 5.54. The number of fused-ring (bicyclic) bond motifs is 1. The van der Waals surface area contributed by atoms with E-state index in [1.165, 1.54) is 0 Å². The number of amides is 1. The zero-order valence-electron chi connectivity index (χ0n) is 18.5. The minimum atomic E-state index is -0.0582. The molecule has 0 aliphatic carbocycles. The Kier molecular flexibility index (Phi) is 6.36. The molecule has 1 N–H and O–H groups in total. The van der Waals surface area contributed by atoms with E-state index < -0.39 is 0 Å². The van der Waals surface area contributed by atoms with Crippen LogP contribution in [-0.2, 0) is 17.8 Å². The van der Waals surface area contributed by atoms with Crippen molar-refractivity contribution in [1.29, 1.82) is 0 Å². The Balaban J connectivity index is 1.62. The molecule has 1 heterocycles. The molecule has 0 spiro atoms. The van der Waals surface area contributed by atoms with Gasteiger partial charge in [0.25, 0.3) is 0 Å². The van der Waals surface area contributed by atoms with Crippen LogP contribution in [0.1, 0.15) is 16.8 Å². The fourth-order valence-corrected chi connectivity index (χ4v) is 3.94. The smallest absolute Gasteiger partial charge is 0.224 e. The largest absolute Gasteiger partial charge is 0.493 e. The van der Waals surface area contributed by atoms with Crippen molar-refractivity contribution in [2.75, 3.05) is 14.2 Å². The second-order valence-electron chi connectivity index (χ2n) is 7.58. The van der Waals surface area contributed by atoms with Crippen molar-refractivity contribution in [2.24, 2.45) is 0 Å². The van der Waals surface area contributed by atoms with Gasteiger partial charge in [-0.05, 0) is 47.4 Å². The van der Waals surface area contributed by atoms with E-state index in [2.05, 4.69) is 23.5 Å². The summed E-state index contributed by atoms with van der Waals surface area (Å²) in [6, 6.07) is 23.9. The summed E-state index contributed by atoms with van der Waals surface area (Å²) >= 11 is 0. The average Bonchev–Trinajstić information content (AvgIpc) is 2.83. The highest BCUT2D eigenvalue weighted by Crippen LogP contribution is 2.33. The topological polar surface area (TPSA) is 60.5 Å². The third-order valence-corrected chi connectivity index (χ3v) is 5.54. The minimum Gasteiger partial charge on any atom is -0.493 e. The van der Waals surface area contributed by atoms with E-state index in [4.69, 9.17) is 14.5 Å². The van der Waals surface area contributed by atoms with Crippen molar-refractivity contribution >= 4 is 16.8 Å².